The average molecular weight is 238 g/mol. The molecule has 3 N–H and O–H groups in total. The zero-order valence-corrected chi connectivity index (χ0v) is 11.0. The highest BCUT2D eigenvalue weighted by Crippen LogP contribution is 2.20. The van der Waals surface area contributed by atoms with E-state index in [0.29, 0.717) is 5.95 Å². The Kier molecular flexibility index (Phi) is 4.69. The molecule has 1 aromatic heterocycles. The standard InChI is InChI=1S/C12H22N4O/c1-9-7-10(16-11(13-4)15-9)14-8-12(2,3)5-6-17/h7,17H,5-6,8H2,1-4H3,(H2,13,14,15,16). The summed E-state index contributed by atoms with van der Waals surface area (Å²) in [5, 5.41) is 15.2. The molecule has 0 atom stereocenters. The molecule has 0 aromatic carbocycles. The summed E-state index contributed by atoms with van der Waals surface area (Å²) in [4.78, 5) is 8.55. The van der Waals surface area contributed by atoms with Gasteiger partial charge in [-0.25, -0.2) is 4.98 Å². The molecule has 0 spiro atoms. The Balaban J connectivity index is 2.65. The van der Waals surface area contributed by atoms with Gasteiger partial charge in [-0.3, -0.25) is 0 Å². The summed E-state index contributed by atoms with van der Waals surface area (Å²) in [7, 11) is 1.80. The van der Waals surface area contributed by atoms with Crippen molar-refractivity contribution in [1.82, 2.24) is 9.97 Å². The second-order valence-electron chi connectivity index (χ2n) is 4.96. The fourth-order valence-electron chi connectivity index (χ4n) is 1.49. The highest BCUT2D eigenvalue weighted by Gasteiger charge is 2.17. The van der Waals surface area contributed by atoms with Crippen LogP contribution in [0.2, 0.25) is 0 Å². The fraction of sp³-hybridized carbons (Fsp3) is 0.667. The van der Waals surface area contributed by atoms with Crippen molar-refractivity contribution in [2.24, 2.45) is 5.41 Å². The molecule has 5 heteroatoms. The lowest BCUT2D eigenvalue weighted by molar-refractivity contribution is 0.220. The third kappa shape index (κ3) is 4.56. The second kappa shape index (κ2) is 5.82. The molecule has 0 aliphatic rings. The highest BCUT2D eigenvalue weighted by atomic mass is 16.3. The van der Waals surface area contributed by atoms with Gasteiger partial charge in [-0.1, -0.05) is 13.8 Å². The molecular formula is C12H22N4O. The number of anilines is 2. The first-order valence-corrected chi connectivity index (χ1v) is 5.85. The molecule has 0 amide bonds. The average Bonchev–Trinajstić information content (AvgIpc) is 2.26. The normalized spacial score (nSPS) is 11.4. The summed E-state index contributed by atoms with van der Waals surface area (Å²) >= 11 is 0. The molecule has 1 aromatic rings. The van der Waals surface area contributed by atoms with Crippen molar-refractivity contribution in [2.75, 3.05) is 30.8 Å². The van der Waals surface area contributed by atoms with E-state index < -0.39 is 0 Å². The van der Waals surface area contributed by atoms with Crippen LogP contribution in [0.3, 0.4) is 0 Å². The van der Waals surface area contributed by atoms with Crippen molar-refractivity contribution >= 4 is 11.8 Å². The van der Waals surface area contributed by atoms with Crippen LogP contribution in [0.4, 0.5) is 11.8 Å². The van der Waals surface area contributed by atoms with Gasteiger partial charge in [0.15, 0.2) is 0 Å². The minimum Gasteiger partial charge on any atom is -0.396 e. The van der Waals surface area contributed by atoms with Gasteiger partial charge in [0.05, 0.1) is 0 Å². The third-order valence-corrected chi connectivity index (χ3v) is 2.61. The Morgan fingerprint density at radius 2 is 2.06 bits per heavy atom. The lowest BCUT2D eigenvalue weighted by Crippen LogP contribution is -2.24. The topological polar surface area (TPSA) is 70.1 Å². The zero-order chi connectivity index (χ0) is 12.9. The van der Waals surface area contributed by atoms with E-state index in [9.17, 15) is 0 Å². The molecular weight excluding hydrogens is 216 g/mol. The maximum absolute atomic E-state index is 8.96. The van der Waals surface area contributed by atoms with Crippen LogP contribution < -0.4 is 10.6 Å². The van der Waals surface area contributed by atoms with Crippen molar-refractivity contribution in [2.45, 2.75) is 27.2 Å². The summed E-state index contributed by atoms with van der Waals surface area (Å²) in [5.41, 5.74) is 0.972. The molecule has 0 fully saturated rings. The second-order valence-corrected chi connectivity index (χ2v) is 4.96. The summed E-state index contributed by atoms with van der Waals surface area (Å²) in [6.07, 6.45) is 0.767. The van der Waals surface area contributed by atoms with Gasteiger partial charge in [0, 0.05) is 32.0 Å². The van der Waals surface area contributed by atoms with E-state index in [1.165, 1.54) is 0 Å². The van der Waals surface area contributed by atoms with E-state index >= 15 is 0 Å². The maximum atomic E-state index is 8.96. The van der Waals surface area contributed by atoms with E-state index in [4.69, 9.17) is 5.11 Å². The highest BCUT2D eigenvalue weighted by molar-refractivity contribution is 5.41. The van der Waals surface area contributed by atoms with E-state index in [1.807, 2.05) is 13.0 Å². The third-order valence-electron chi connectivity index (χ3n) is 2.61. The molecule has 0 bridgehead atoms. The molecule has 1 heterocycles. The molecule has 17 heavy (non-hydrogen) atoms. The molecule has 0 saturated carbocycles. The first kappa shape index (κ1) is 13.7. The lowest BCUT2D eigenvalue weighted by Gasteiger charge is -2.24. The first-order chi connectivity index (χ1) is 7.96. The van der Waals surface area contributed by atoms with Crippen LogP contribution in [0.15, 0.2) is 6.07 Å². The Hall–Kier alpha value is -1.36. The van der Waals surface area contributed by atoms with Crippen LogP contribution in [0.5, 0.6) is 0 Å². The number of rotatable bonds is 6. The number of hydrogen-bond acceptors (Lipinski definition) is 5. The SMILES string of the molecule is CNc1nc(C)cc(NCC(C)(C)CCO)n1. The number of nitrogens with zero attached hydrogens (tertiary/aromatic N) is 2. The smallest absolute Gasteiger partial charge is 0.224 e. The van der Waals surface area contributed by atoms with Gasteiger partial charge < -0.3 is 15.7 Å². The van der Waals surface area contributed by atoms with Crippen molar-refractivity contribution in [3.05, 3.63) is 11.8 Å². The molecule has 0 aliphatic carbocycles. The fourth-order valence-corrected chi connectivity index (χ4v) is 1.49. The first-order valence-electron chi connectivity index (χ1n) is 5.85. The van der Waals surface area contributed by atoms with Crippen molar-refractivity contribution in [3.63, 3.8) is 0 Å². The van der Waals surface area contributed by atoms with E-state index in [2.05, 4.69) is 34.4 Å². The number of aromatic nitrogens is 2. The quantitative estimate of drug-likeness (QED) is 0.703. The van der Waals surface area contributed by atoms with Gasteiger partial charge in [-0.15, -0.1) is 0 Å². The molecule has 0 unspecified atom stereocenters. The number of hydrogen-bond donors (Lipinski definition) is 3. The van der Waals surface area contributed by atoms with Crippen LogP contribution in [0.1, 0.15) is 26.0 Å². The van der Waals surface area contributed by atoms with E-state index in [1.54, 1.807) is 7.05 Å². The molecule has 0 radical (unpaired) electrons. The zero-order valence-electron chi connectivity index (χ0n) is 11.0. The van der Waals surface area contributed by atoms with Gasteiger partial charge in [0.2, 0.25) is 5.95 Å². The predicted octanol–water partition coefficient (Wildman–Crippen LogP) is 1.65. The minimum atomic E-state index is 0.0490. The summed E-state index contributed by atoms with van der Waals surface area (Å²) in [5.74, 6) is 1.43. The van der Waals surface area contributed by atoms with Gasteiger partial charge >= 0.3 is 0 Å². The van der Waals surface area contributed by atoms with Crippen molar-refractivity contribution in [3.8, 4) is 0 Å². The van der Waals surface area contributed by atoms with Gasteiger partial charge in [-0.05, 0) is 18.8 Å². The van der Waals surface area contributed by atoms with Crippen LogP contribution in [0, 0.1) is 12.3 Å². The monoisotopic (exact) mass is 238 g/mol. The van der Waals surface area contributed by atoms with Gasteiger partial charge in [-0.2, -0.15) is 4.98 Å². The summed E-state index contributed by atoms with van der Waals surface area (Å²) < 4.78 is 0. The van der Waals surface area contributed by atoms with E-state index in [-0.39, 0.29) is 12.0 Å². The molecule has 1 rings (SSSR count). The van der Waals surface area contributed by atoms with Crippen LogP contribution in [0.25, 0.3) is 0 Å². The Labute approximate surface area is 103 Å². The van der Waals surface area contributed by atoms with Crippen molar-refractivity contribution in [1.29, 1.82) is 0 Å². The molecule has 0 saturated heterocycles. The van der Waals surface area contributed by atoms with Crippen LogP contribution in [-0.2, 0) is 0 Å². The van der Waals surface area contributed by atoms with E-state index in [0.717, 1.165) is 24.5 Å². The lowest BCUT2D eigenvalue weighted by atomic mass is 9.90. The molecule has 5 nitrogen and oxygen atoms in total. The number of aliphatic hydroxyl groups is 1. The molecule has 96 valence electrons. The maximum Gasteiger partial charge on any atom is 0.224 e. The van der Waals surface area contributed by atoms with Crippen LogP contribution >= 0.6 is 0 Å². The summed E-state index contributed by atoms with van der Waals surface area (Å²) in [6, 6.07) is 1.91. The van der Waals surface area contributed by atoms with Gasteiger partial charge in [0.25, 0.3) is 0 Å². The minimum absolute atomic E-state index is 0.0490. The number of aliphatic hydroxyl groups excluding tert-OH is 1. The Morgan fingerprint density at radius 1 is 1.35 bits per heavy atom. The van der Waals surface area contributed by atoms with Gasteiger partial charge in [0.1, 0.15) is 5.82 Å². The summed E-state index contributed by atoms with van der Waals surface area (Å²) in [6.45, 7) is 7.14. The Morgan fingerprint density at radius 3 is 2.65 bits per heavy atom. The number of nitrogens with one attached hydrogen (secondary N) is 2. The Bertz CT molecular complexity index is 366. The predicted molar refractivity (Wildman–Crippen MR) is 70.3 cm³/mol. The number of aryl methyl sites for hydroxylation is 1. The van der Waals surface area contributed by atoms with Crippen LogP contribution in [-0.4, -0.2) is 35.3 Å². The largest absolute Gasteiger partial charge is 0.396 e. The molecule has 0 aliphatic heterocycles. The van der Waals surface area contributed by atoms with Crippen molar-refractivity contribution < 1.29 is 5.11 Å².